The molecule has 0 saturated heterocycles. The zero-order valence-corrected chi connectivity index (χ0v) is 16.5. The number of aromatic nitrogens is 4. The predicted molar refractivity (Wildman–Crippen MR) is 114 cm³/mol. The van der Waals surface area contributed by atoms with Crippen LogP contribution < -0.4 is 10.2 Å². The van der Waals surface area contributed by atoms with Gasteiger partial charge in [0.25, 0.3) is 5.95 Å². The highest BCUT2D eigenvalue weighted by molar-refractivity contribution is 6.04. The molecule has 0 bridgehead atoms. The monoisotopic (exact) mass is 404 g/mol. The summed E-state index contributed by atoms with van der Waals surface area (Å²) < 4.78 is 10.4. The third kappa shape index (κ3) is 4.04. The Kier molecular flexibility index (Phi) is 5.51. The van der Waals surface area contributed by atoms with Crippen LogP contribution in [-0.2, 0) is 9.53 Å². The van der Waals surface area contributed by atoms with Crippen LogP contribution in [0.5, 0.6) is 5.75 Å². The van der Waals surface area contributed by atoms with Crippen LogP contribution in [0.15, 0.2) is 47.6 Å². The first-order chi connectivity index (χ1) is 14.7. The third-order valence-electron chi connectivity index (χ3n) is 4.40. The predicted octanol–water partition coefficient (Wildman–Crippen LogP) is 3.20. The number of esters is 1. The summed E-state index contributed by atoms with van der Waals surface area (Å²) in [7, 11) is 0. The van der Waals surface area contributed by atoms with Crippen molar-refractivity contribution >= 4 is 40.2 Å². The van der Waals surface area contributed by atoms with Crippen LogP contribution in [-0.4, -0.2) is 45.6 Å². The number of H-pyrrole nitrogens is 1. The standard InChI is InChI=1S/C21H20N6O3/c1-3-29-17(28)12-30-16-10-5-4-8-14(16)11-22-26-21-24-20-19(25-27-21)15-9-6-7-13(2)18(15)23-20/h4-11H,3,12H2,1-2H3,(H2,23,24,26,27)/b22-11-. The number of aryl methyl sites for hydroxylation is 1. The van der Waals surface area contributed by atoms with Gasteiger partial charge in [-0.25, -0.2) is 10.2 Å². The Bertz CT molecular complexity index is 1230. The van der Waals surface area contributed by atoms with Gasteiger partial charge in [0.05, 0.1) is 18.3 Å². The number of aromatic amines is 1. The summed E-state index contributed by atoms with van der Waals surface area (Å²) >= 11 is 0. The molecule has 0 aliphatic carbocycles. The molecule has 4 aromatic rings. The maximum atomic E-state index is 11.5. The fourth-order valence-corrected chi connectivity index (χ4v) is 3.01. The Labute approximate surface area is 172 Å². The van der Waals surface area contributed by atoms with Crippen molar-refractivity contribution in [1.29, 1.82) is 0 Å². The van der Waals surface area contributed by atoms with E-state index in [0.717, 1.165) is 16.5 Å². The third-order valence-corrected chi connectivity index (χ3v) is 4.40. The summed E-state index contributed by atoms with van der Waals surface area (Å²) in [6.45, 7) is 3.91. The topological polar surface area (TPSA) is 114 Å². The van der Waals surface area contributed by atoms with Gasteiger partial charge >= 0.3 is 5.97 Å². The minimum Gasteiger partial charge on any atom is -0.481 e. The molecule has 0 fully saturated rings. The first-order valence-electron chi connectivity index (χ1n) is 9.44. The maximum Gasteiger partial charge on any atom is 0.344 e. The number of nitrogens with zero attached hydrogens (tertiary/aromatic N) is 4. The molecule has 2 aromatic carbocycles. The SMILES string of the molecule is CCOC(=O)COc1ccccc1/C=N\Nc1nnc2c(n1)[nH]c1c(C)cccc12. The van der Waals surface area contributed by atoms with E-state index in [4.69, 9.17) is 9.47 Å². The molecule has 0 aliphatic heterocycles. The van der Waals surface area contributed by atoms with Crippen molar-refractivity contribution in [2.45, 2.75) is 13.8 Å². The molecule has 0 aliphatic rings. The van der Waals surface area contributed by atoms with Crippen LogP contribution >= 0.6 is 0 Å². The highest BCUT2D eigenvalue weighted by Crippen LogP contribution is 2.24. The molecule has 0 atom stereocenters. The van der Waals surface area contributed by atoms with Crippen molar-refractivity contribution < 1.29 is 14.3 Å². The van der Waals surface area contributed by atoms with E-state index < -0.39 is 5.97 Å². The summed E-state index contributed by atoms with van der Waals surface area (Å²) in [4.78, 5) is 19.2. The summed E-state index contributed by atoms with van der Waals surface area (Å²) in [5, 5.41) is 13.5. The molecule has 2 aromatic heterocycles. The van der Waals surface area contributed by atoms with Gasteiger partial charge in [0, 0.05) is 10.9 Å². The normalized spacial score (nSPS) is 11.3. The van der Waals surface area contributed by atoms with E-state index in [0.29, 0.717) is 29.1 Å². The second-order valence-electron chi connectivity index (χ2n) is 6.46. The van der Waals surface area contributed by atoms with Crippen molar-refractivity contribution in [3.63, 3.8) is 0 Å². The lowest BCUT2D eigenvalue weighted by Crippen LogP contribution is -2.15. The van der Waals surface area contributed by atoms with E-state index in [1.54, 1.807) is 19.2 Å². The second-order valence-corrected chi connectivity index (χ2v) is 6.46. The number of carbonyl (C=O) groups is 1. The van der Waals surface area contributed by atoms with Crippen LogP contribution in [0.2, 0.25) is 0 Å². The quantitative estimate of drug-likeness (QED) is 0.276. The lowest BCUT2D eigenvalue weighted by molar-refractivity contribution is -0.145. The fourth-order valence-electron chi connectivity index (χ4n) is 3.01. The second kappa shape index (κ2) is 8.56. The van der Waals surface area contributed by atoms with Crippen LogP contribution in [0.1, 0.15) is 18.1 Å². The first-order valence-corrected chi connectivity index (χ1v) is 9.44. The Hall–Kier alpha value is -4.01. The van der Waals surface area contributed by atoms with E-state index in [-0.39, 0.29) is 12.6 Å². The van der Waals surface area contributed by atoms with E-state index in [1.807, 2.05) is 43.3 Å². The van der Waals surface area contributed by atoms with Crippen LogP contribution in [0.3, 0.4) is 0 Å². The molecule has 4 rings (SSSR count). The molecule has 152 valence electrons. The number of nitrogens with one attached hydrogen (secondary N) is 2. The summed E-state index contributed by atoms with van der Waals surface area (Å²) in [5.74, 6) is 0.341. The van der Waals surface area contributed by atoms with Gasteiger partial charge in [0.15, 0.2) is 12.3 Å². The number of anilines is 1. The lowest BCUT2D eigenvalue weighted by atomic mass is 10.1. The number of ether oxygens (including phenoxy) is 2. The van der Waals surface area contributed by atoms with E-state index >= 15 is 0 Å². The number of benzene rings is 2. The zero-order valence-electron chi connectivity index (χ0n) is 16.5. The minimum absolute atomic E-state index is 0.171. The number of hydrogen-bond acceptors (Lipinski definition) is 8. The Morgan fingerprint density at radius 3 is 2.93 bits per heavy atom. The van der Waals surface area contributed by atoms with Crippen LogP contribution in [0, 0.1) is 6.92 Å². The molecule has 2 N–H and O–H groups in total. The van der Waals surface area contributed by atoms with Gasteiger partial charge in [-0.05, 0) is 31.5 Å². The lowest BCUT2D eigenvalue weighted by Gasteiger charge is -2.08. The van der Waals surface area contributed by atoms with Crippen molar-refractivity contribution in [2.75, 3.05) is 18.6 Å². The molecule has 0 saturated carbocycles. The van der Waals surface area contributed by atoms with Crippen molar-refractivity contribution in [1.82, 2.24) is 20.2 Å². The summed E-state index contributed by atoms with van der Waals surface area (Å²) in [6, 6.07) is 13.2. The number of hydrogen-bond donors (Lipinski definition) is 2. The molecule has 30 heavy (non-hydrogen) atoms. The van der Waals surface area contributed by atoms with Gasteiger partial charge in [0.2, 0.25) is 0 Å². The molecule has 0 spiro atoms. The molecule has 9 nitrogen and oxygen atoms in total. The van der Waals surface area contributed by atoms with E-state index in [1.165, 1.54) is 0 Å². The van der Waals surface area contributed by atoms with E-state index in [9.17, 15) is 4.79 Å². The first kappa shape index (κ1) is 19.3. The highest BCUT2D eigenvalue weighted by Gasteiger charge is 2.10. The van der Waals surface area contributed by atoms with E-state index in [2.05, 4.69) is 30.7 Å². The van der Waals surface area contributed by atoms with Crippen LogP contribution in [0.25, 0.3) is 22.1 Å². The Morgan fingerprint density at radius 2 is 2.07 bits per heavy atom. The smallest absolute Gasteiger partial charge is 0.344 e. The number of fused-ring (bicyclic) bond motifs is 3. The van der Waals surface area contributed by atoms with Gasteiger partial charge in [-0.1, -0.05) is 30.3 Å². The maximum absolute atomic E-state index is 11.5. The zero-order chi connectivity index (χ0) is 20.9. The van der Waals surface area contributed by atoms with Gasteiger partial charge in [-0.15, -0.1) is 10.2 Å². The van der Waals surface area contributed by atoms with Crippen LogP contribution in [0.4, 0.5) is 5.95 Å². The number of hydrazone groups is 1. The fraction of sp³-hybridized carbons (Fsp3) is 0.190. The Balaban J connectivity index is 1.49. The number of para-hydroxylation sites is 2. The summed E-state index contributed by atoms with van der Waals surface area (Å²) in [5.41, 5.74) is 6.90. The molecular weight excluding hydrogens is 384 g/mol. The minimum atomic E-state index is -0.427. The van der Waals surface area contributed by atoms with Crippen molar-refractivity contribution in [3.8, 4) is 5.75 Å². The van der Waals surface area contributed by atoms with Gasteiger partial charge < -0.3 is 14.5 Å². The number of rotatable bonds is 7. The average Bonchev–Trinajstić information content (AvgIpc) is 3.13. The molecule has 2 heterocycles. The molecular formula is C21H20N6O3. The Morgan fingerprint density at radius 1 is 1.20 bits per heavy atom. The van der Waals surface area contributed by atoms with Crippen molar-refractivity contribution in [2.24, 2.45) is 5.10 Å². The van der Waals surface area contributed by atoms with Gasteiger partial charge in [0.1, 0.15) is 11.3 Å². The van der Waals surface area contributed by atoms with Gasteiger partial charge in [-0.2, -0.15) is 10.1 Å². The number of carbonyl (C=O) groups excluding carboxylic acids is 1. The van der Waals surface area contributed by atoms with Crippen molar-refractivity contribution in [3.05, 3.63) is 53.6 Å². The average molecular weight is 404 g/mol. The molecule has 0 amide bonds. The summed E-state index contributed by atoms with van der Waals surface area (Å²) in [6.07, 6.45) is 1.56. The molecule has 0 unspecified atom stereocenters. The molecule has 0 radical (unpaired) electrons. The largest absolute Gasteiger partial charge is 0.481 e. The van der Waals surface area contributed by atoms with Gasteiger partial charge in [-0.3, -0.25) is 0 Å². The highest BCUT2D eigenvalue weighted by atomic mass is 16.6. The molecule has 9 heteroatoms.